The molecule has 12 heteroatoms. The Balaban J connectivity index is 1.75. The van der Waals surface area contributed by atoms with Crippen LogP contribution in [-0.2, 0) is 38.8 Å². The van der Waals surface area contributed by atoms with Gasteiger partial charge in [-0.15, -0.1) is 0 Å². The van der Waals surface area contributed by atoms with Crippen molar-refractivity contribution in [1.29, 1.82) is 0 Å². The molecule has 0 bridgehead atoms. The van der Waals surface area contributed by atoms with Gasteiger partial charge in [-0.2, -0.15) is 13.2 Å². The number of alkyl halides is 3. The molecule has 0 spiro atoms. The van der Waals surface area contributed by atoms with Gasteiger partial charge in [0.25, 0.3) is 0 Å². The van der Waals surface area contributed by atoms with Crippen molar-refractivity contribution >= 4 is 39.1 Å². The lowest BCUT2D eigenvalue weighted by Gasteiger charge is -2.35. The van der Waals surface area contributed by atoms with Crippen LogP contribution in [-0.4, -0.2) is 50.0 Å². The van der Waals surface area contributed by atoms with E-state index in [0.29, 0.717) is 15.9 Å². The summed E-state index contributed by atoms with van der Waals surface area (Å²) in [6.45, 7) is -0.905. The minimum Gasteiger partial charge on any atom is -0.352 e. The molecule has 2 amide bonds. The number of nitrogens with one attached hydrogen (secondary N) is 1. The van der Waals surface area contributed by atoms with Crippen LogP contribution in [0.4, 0.5) is 18.9 Å². The van der Waals surface area contributed by atoms with Crippen LogP contribution in [0.15, 0.2) is 78.9 Å². The molecule has 1 saturated carbocycles. The van der Waals surface area contributed by atoms with Crippen LogP contribution in [0, 0.1) is 0 Å². The van der Waals surface area contributed by atoms with E-state index in [1.807, 2.05) is 30.3 Å². The van der Waals surface area contributed by atoms with E-state index in [4.69, 9.17) is 11.6 Å². The van der Waals surface area contributed by atoms with Gasteiger partial charge >= 0.3 is 6.18 Å². The largest absolute Gasteiger partial charge is 0.416 e. The Labute approximate surface area is 261 Å². The van der Waals surface area contributed by atoms with Gasteiger partial charge in [-0.3, -0.25) is 13.9 Å². The van der Waals surface area contributed by atoms with E-state index in [1.54, 1.807) is 30.3 Å². The molecule has 1 aliphatic carbocycles. The molecule has 0 radical (unpaired) electrons. The molecule has 0 aliphatic heterocycles. The molecule has 1 atom stereocenters. The summed E-state index contributed by atoms with van der Waals surface area (Å²) >= 11 is 6.21. The highest BCUT2D eigenvalue weighted by atomic mass is 35.5. The van der Waals surface area contributed by atoms with Crippen LogP contribution in [0.5, 0.6) is 0 Å². The van der Waals surface area contributed by atoms with Crippen LogP contribution < -0.4 is 9.62 Å². The maximum Gasteiger partial charge on any atom is 0.416 e. The SMILES string of the molecule is CS(=O)(=O)N(CC(=O)N(Cc1ccccc1)C(Cc1ccccc1)C(=O)NC1CCCCC1)c1cc(C(F)(F)F)ccc1Cl. The molecule has 236 valence electrons. The zero-order valence-electron chi connectivity index (χ0n) is 24.3. The third kappa shape index (κ3) is 8.98. The maximum absolute atomic E-state index is 14.2. The van der Waals surface area contributed by atoms with E-state index >= 15 is 0 Å². The molecule has 0 heterocycles. The highest BCUT2D eigenvalue weighted by molar-refractivity contribution is 7.92. The Hall–Kier alpha value is -3.57. The second kappa shape index (κ2) is 14.5. The summed E-state index contributed by atoms with van der Waals surface area (Å²) in [5, 5.41) is 2.82. The van der Waals surface area contributed by atoms with Gasteiger partial charge in [-0.1, -0.05) is 91.5 Å². The summed E-state index contributed by atoms with van der Waals surface area (Å²) < 4.78 is 67.1. The van der Waals surface area contributed by atoms with Crippen molar-refractivity contribution in [2.24, 2.45) is 0 Å². The molecule has 0 saturated heterocycles. The number of hydrogen-bond donors (Lipinski definition) is 1. The standard InChI is InChI=1S/C32H35ClF3N3O4S/c1-44(42,43)39(28-20-25(32(34,35)36)17-18-27(28)33)22-30(40)38(21-24-13-7-3-8-14-24)29(19-23-11-5-2-6-12-23)31(41)37-26-15-9-4-10-16-26/h2-3,5-8,11-14,17-18,20,26,29H,4,9-10,15-16,19,21-22H2,1H3,(H,37,41). The Morgan fingerprint density at radius 1 is 0.932 bits per heavy atom. The van der Waals surface area contributed by atoms with Crippen LogP contribution in [0.3, 0.4) is 0 Å². The summed E-state index contributed by atoms with van der Waals surface area (Å²) in [5.41, 5.74) is -0.133. The van der Waals surface area contributed by atoms with Gasteiger partial charge in [0.15, 0.2) is 0 Å². The first-order chi connectivity index (χ1) is 20.8. The predicted molar refractivity (Wildman–Crippen MR) is 165 cm³/mol. The Morgan fingerprint density at radius 3 is 2.09 bits per heavy atom. The molecular formula is C32H35ClF3N3O4S. The van der Waals surface area contributed by atoms with E-state index in [1.165, 1.54) is 4.90 Å². The third-order valence-corrected chi connectivity index (χ3v) is 9.09. The lowest BCUT2D eigenvalue weighted by Crippen LogP contribution is -2.55. The zero-order chi connectivity index (χ0) is 31.9. The van der Waals surface area contributed by atoms with Crippen molar-refractivity contribution in [3.63, 3.8) is 0 Å². The number of nitrogens with zero attached hydrogens (tertiary/aromatic N) is 2. The maximum atomic E-state index is 14.2. The number of carbonyl (C=O) groups is 2. The topological polar surface area (TPSA) is 86.8 Å². The second-order valence-corrected chi connectivity index (χ2v) is 13.3. The number of rotatable bonds is 11. The highest BCUT2D eigenvalue weighted by Gasteiger charge is 2.36. The fourth-order valence-corrected chi connectivity index (χ4v) is 6.48. The second-order valence-electron chi connectivity index (χ2n) is 11.0. The van der Waals surface area contributed by atoms with Crippen molar-refractivity contribution in [3.8, 4) is 0 Å². The molecule has 1 N–H and O–H groups in total. The fraction of sp³-hybridized carbons (Fsp3) is 0.375. The summed E-state index contributed by atoms with van der Waals surface area (Å²) in [6, 6.07) is 19.2. The van der Waals surface area contributed by atoms with Gasteiger partial charge in [0.05, 0.1) is 22.5 Å². The molecular weight excluding hydrogens is 615 g/mol. The number of anilines is 1. The van der Waals surface area contributed by atoms with Gasteiger partial charge in [0.2, 0.25) is 21.8 Å². The summed E-state index contributed by atoms with van der Waals surface area (Å²) in [7, 11) is -4.30. The van der Waals surface area contributed by atoms with Gasteiger partial charge in [0.1, 0.15) is 12.6 Å². The quantitative estimate of drug-likeness (QED) is 0.268. The Bertz CT molecular complexity index is 1530. The smallest absolute Gasteiger partial charge is 0.352 e. The molecule has 1 unspecified atom stereocenters. The average Bonchev–Trinajstić information content (AvgIpc) is 2.98. The molecule has 1 aliphatic rings. The van der Waals surface area contributed by atoms with Crippen LogP contribution in [0.1, 0.15) is 48.8 Å². The number of carbonyl (C=O) groups excluding carboxylic acids is 2. The number of halogens is 4. The normalized spacial score (nSPS) is 14.9. The summed E-state index contributed by atoms with van der Waals surface area (Å²) in [5.74, 6) is -1.15. The number of amides is 2. The summed E-state index contributed by atoms with van der Waals surface area (Å²) in [4.78, 5) is 29.4. The van der Waals surface area contributed by atoms with Crippen molar-refractivity contribution in [2.75, 3.05) is 17.1 Å². The molecule has 4 rings (SSSR count). The number of benzene rings is 3. The van der Waals surface area contributed by atoms with E-state index < -0.39 is 45.9 Å². The Morgan fingerprint density at radius 2 is 1.52 bits per heavy atom. The predicted octanol–water partition coefficient (Wildman–Crippen LogP) is 6.21. The van der Waals surface area contributed by atoms with Crippen molar-refractivity contribution in [3.05, 3.63) is 101 Å². The van der Waals surface area contributed by atoms with E-state index in [-0.39, 0.29) is 29.9 Å². The fourth-order valence-electron chi connectivity index (χ4n) is 5.35. The first kappa shape index (κ1) is 33.3. The van der Waals surface area contributed by atoms with Crippen molar-refractivity contribution in [2.45, 2.75) is 63.3 Å². The minimum absolute atomic E-state index is 0.0385. The number of hydrogen-bond acceptors (Lipinski definition) is 4. The van der Waals surface area contributed by atoms with Gasteiger partial charge in [-0.05, 0) is 42.2 Å². The number of sulfonamides is 1. The lowest BCUT2D eigenvalue weighted by molar-refractivity contribution is -0.140. The lowest BCUT2D eigenvalue weighted by atomic mass is 9.94. The molecule has 1 fully saturated rings. The summed E-state index contributed by atoms with van der Waals surface area (Å²) in [6.07, 6.45) is 0.807. The zero-order valence-corrected chi connectivity index (χ0v) is 25.8. The minimum atomic E-state index is -4.77. The molecule has 7 nitrogen and oxygen atoms in total. The molecule has 44 heavy (non-hydrogen) atoms. The first-order valence-corrected chi connectivity index (χ1v) is 16.6. The van der Waals surface area contributed by atoms with Gasteiger partial charge in [0, 0.05) is 19.0 Å². The molecule has 3 aromatic carbocycles. The third-order valence-electron chi connectivity index (χ3n) is 7.64. The monoisotopic (exact) mass is 649 g/mol. The van der Waals surface area contributed by atoms with Crippen molar-refractivity contribution < 1.29 is 31.2 Å². The van der Waals surface area contributed by atoms with Crippen LogP contribution >= 0.6 is 11.6 Å². The van der Waals surface area contributed by atoms with E-state index in [9.17, 15) is 31.2 Å². The first-order valence-electron chi connectivity index (χ1n) is 14.3. The van der Waals surface area contributed by atoms with E-state index in [2.05, 4.69) is 5.32 Å². The Kier molecular flexibility index (Phi) is 11.0. The van der Waals surface area contributed by atoms with Gasteiger partial charge in [-0.25, -0.2) is 8.42 Å². The van der Waals surface area contributed by atoms with Crippen LogP contribution in [0.25, 0.3) is 0 Å². The van der Waals surface area contributed by atoms with Crippen molar-refractivity contribution in [1.82, 2.24) is 10.2 Å². The average molecular weight is 650 g/mol. The van der Waals surface area contributed by atoms with Gasteiger partial charge < -0.3 is 10.2 Å². The van der Waals surface area contributed by atoms with Crippen LogP contribution in [0.2, 0.25) is 5.02 Å². The van der Waals surface area contributed by atoms with E-state index in [0.717, 1.165) is 56.1 Å². The molecule has 3 aromatic rings. The highest BCUT2D eigenvalue weighted by Crippen LogP contribution is 2.36. The molecule has 0 aromatic heterocycles.